The number of aryl methyl sites for hydroxylation is 1. The summed E-state index contributed by atoms with van der Waals surface area (Å²) in [5, 5.41) is 15.6. The van der Waals surface area contributed by atoms with Crippen LogP contribution in [-0.4, -0.2) is 35.7 Å². The first-order chi connectivity index (χ1) is 11.3. The average molecular weight is 339 g/mol. The quantitative estimate of drug-likeness (QED) is 0.759. The van der Waals surface area contributed by atoms with Crippen LogP contribution in [0.2, 0.25) is 0 Å². The molecule has 0 atom stereocenters. The van der Waals surface area contributed by atoms with Crippen LogP contribution >= 0.6 is 0 Å². The topological polar surface area (TPSA) is 93.4 Å². The van der Waals surface area contributed by atoms with E-state index in [0.29, 0.717) is 0 Å². The average Bonchev–Trinajstić information content (AvgIpc) is 3.21. The smallest absolute Gasteiger partial charge is 0.317 e. The van der Waals surface area contributed by atoms with Crippen LogP contribution in [0.3, 0.4) is 0 Å². The van der Waals surface area contributed by atoms with Gasteiger partial charge in [-0.1, -0.05) is 0 Å². The van der Waals surface area contributed by atoms with Gasteiger partial charge in [0.25, 0.3) is 5.91 Å². The Morgan fingerprint density at radius 3 is 2.79 bits per heavy atom. The zero-order chi connectivity index (χ0) is 17.3. The zero-order valence-corrected chi connectivity index (χ0v) is 12.4. The third-order valence-electron chi connectivity index (χ3n) is 3.18. The van der Waals surface area contributed by atoms with Crippen LogP contribution in [0.25, 0.3) is 0 Å². The van der Waals surface area contributed by atoms with Gasteiger partial charge in [-0.2, -0.15) is 28.5 Å². The van der Waals surface area contributed by atoms with E-state index in [1.807, 2.05) is 0 Å². The number of anilines is 1. The Hall–Kier alpha value is -3.11. The first-order valence-corrected chi connectivity index (χ1v) is 6.79. The third-order valence-corrected chi connectivity index (χ3v) is 3.18. The van der Waals surface area contributed by atoms with Gasteiger partial charge >= 0.3 is 6.18 Å². The molecule has 3 aromatic rings. The minimum absolute atomic E-state index is 0.0177. The van der Waals surface area contributed by atoms with E-state index < -0.39 is 23.5 Å². The normalized spacial score (nSPS) is 11.7. The summed E-state index contributed by atoms with van der Waals surface area (Å²) in [6.07, 6.45) is 0.166. The molecular weight excluding hydrogens is 327 g/mol. The van der Waals surface area contributed by atoms with Gasteiger partial charge in [-0.15, -0.1) is 0 Å². The van der Waals surface area contributed by atoms with Crippen molar-refractivity contribution in [1.82, 2.24) is 29.8 Å². The van der Waals surface area contributed by atoms with Crippen molar-refractivity contribution in [2.45, 2.75) is 19.8 Å². The fourth-order valence-corrected chi connectivity index (χ4v) is 2.06. The summed E-state index contributed by atoms with van der Waals surface area (Å²) in [7, 11) is 0. The first kappa shape index (κ1) is 15.8. The predicted molar refractivity (Wildman–Crippen MR) is 76.1 cm³/mol. The molecule has 3 rings (SSSR count). The molecule has 1 amide bonds. The van der Waals surface area contributed by atoms with Crippen LogP contribution in [-0.2, 0) is 12.8 Å². The van der Waals surface area contributed by atoms with E-state index in [0.717, 1.165) is 0 Å². The lowest BCUT2D eigenvalue weighted by molar-refractivity contribution is -0.140. The van der Waals surface area contributed by atoms with Gasteiger partial charge in [0, 0.05) is 18.6 Å². The summed E-state index contributed by atoms with van der Waals surface area (Å²) < 4.78 is 41.6. The highest BCUT2D eigenvalue weighted by molar-refractivity contribution is 6.03. The molecule has 0 aromatic carbocycles. The van der Waals surface area contributed by atoms with Crippen LogP contribution < -0.4 is 5.32 Å². The van der Waals surface area contributed by atoms with E-state index in [-0.39, 0.29) is 18.1 Å². The molecule has 0 saturated heterocycles. The molecule has 0 aliphatic carbocycles. The van der Waals surface area contributed by atoms with Crippen LogP contribution in [0.1, 0.15) is 21.9 Å². The van der Waals surface area contributed by atoms with Crippen LogP contribution in [0, 0.1) is 6.92 Å². The van der Waals surface area contributed by atoms with E-state index in [1.165, 1.54) is 23.9 Å². The van der Waals surface area contributed by atoms with E-state index in [4.69, 9.17) is 0 Å². The summed E-state index contributed by atoms with van der Waals surface area (Å²) in [6, 6.07) is 3.14. The Labute approximate surface area is 133 Å². The number of aromatic amines is 1. The van der Waals surface area contributed by atoms with E-state index >= 15 is 0 Å². The minimum atomic E-state index is -4.67. The van der Waals surface area contributed by atoms with Crippen molar-refractivity contribution < 1.29 is 18.0 Å². The van der Waals surface area contributed by atoms with Crippen molar-refractivity contribution in [3.8, 4) is 0 Å². The second kappa shape index (κ2) is 5.83. The molecule has 0 fully saturated rings. The van der Waals surface area contributed by atoms with Gasteiger partial charge in [-0.05, 0) is 19.1 Å². The predicted octanol–water partition coefficient (Wildman–Crippen LogP) is 1.89. The van der Waals surface area contributed by atoms with Crippen molar-refractivity contribution in [3.63, 3.8) is 0 Å². The number of rotatable bonds is 4. The third kappa shape index (κ3) is 3.14. The largest absolute Gasteiger partial charge is 0.437 e. The van der Waals surface area contributed by atoms with Gasteiger partial charge in [-0.25, -0.2) is 0 Å². The maximum Gasteiger partial charge on any atom is 0.437 e. The second-order valence-electron chi connectivity index (χ2n) is 4.95. The lowest BCUT2D eigenvalue weighted by Gasteiger charge is -2.08. The van der Waals surface area contributed by atoms with Crippen molar-refractivity contribution >= 4 is 11.6 Å². The number of nitrogens with one attached hydrogen (secondary N) is 2. The van der Waals surface area contributed by atoms with Crippen LogP contribution in [0.15, 0.2) is 30.7 Å². The molecule has 126 valence electrons. The molecule has 0 aliphatic rings. The highest BCUT2D eigenvalue weighted by Gasteiger charge is 2.38. The Morgan fingerprint density at radius 1 is 1.33 bits per heavy atom. The number of nitrogens with zero attached hydrogens (tertiary/aromatic N) is 5. The lowest BCUT2D eigenvalue weighted by atomic mass is 10.2. The van der Waals surface area contributed by atoms with Gasteiger partial charge in [0.05, 0.1) is 11.4 Å². The molecule has 0 bridgehead atoms. The SMILES string of the molecule is Cc1[nH]nc(C(F)(F)F)c1NC(=O)c1ccn(Cn2cccn2)n1. The Morgan fingerprint density at radius 2 is 2.12 bits per heavy atom. The first-order valence-electron chi connectivity index (χ1n) is 6.79. The Kier molecular flexibility index (Phi) is 3.83. The maximum atomic E-state index is 12.9. The van der Waals surface area contributed by atoms with E-state index in [2.05, 4.69) is 25.7 Å². The highest BCUT2D eigenvalue weighted by atomic mass is 19.4. The number of hydrogen-bond acceptors (Lipinski definition) is 4. The number of alkyl halides is 3. The molecule has 0 unspecified atom stereocenters. The molecule has 24 heavy (non-hydrogen) atoms. The van der Waals surface area contributed by atoms with Crippen molar-refractivity contribution in [1.29, 1.82) is 0 Å². The molecule has 2 N–H and O–H groups in total. The molecular formula is C13H12F3N7O. The second-order valence-corrected chi connectivity index (χ2v) is 4.95. The highest BCUT2D eigenvalue weighted by Crippen LogP contribution is 2.34. The summed E-state index contributed by atoms with van der Waals surface area (Å²) in [5.41, 5.74) is -1.50. The minimum Gasteiger partial charge on any atom is -0.317 e. The summed E-state index contributed by atoms with van der Waals surface area (Å²) >= 11 is 0. The molecule has 0 saturated carbocycles. The number of hydrogen-bond donors (Lipinski definition) is 2. The number of carbonyl (C=O) groups excluding carboxylic acids is 1. The molecule has 0 aliphatic heterocycles. The van der Waals surface area contributed by atoms with Gasteiger partial charge in [0.2, 0.25) is 0 Å². The summed E-state index contributed by atoms with van der Waals surface area (Å²) in [5.74, 6) is -0.760. The van der Waals surface area contributed by atoms with Gasteiger partial charge in [0.1, 0.15) is 6.67 Å². The van der Waals surface area contributed by atoms with E-state index in [1.54, 1.807) is 23.1 Å². The van der Waals surface area contributed by atoms with Crippen LogP contribution in [0.4, 0.5) is 18.9 Å². The van der Waals surface area contributed by atoms with Gasteiger partial charge in [0.15, 0.2) is 11.4 Å². The molecule has 0 radical (unpaired) electrons. The molecule has 0 spiro atoms. The number of halogens is 3. The summed E-state index contributed by atoms with van der Waals surface area (Å²) in [6.45, 7) is 1.66. The van der Waals surface area contributed by atoms with Crippen molar-refractivity contribution in [3.05, 3.63) is 47.8 Å². The molecule has 3 heterocycles. The van der Waals surface area contributed by atoms with Gasteiger partial charge in [-0.3, -0.25) is 19.3 Å². The number of carbonyl (C=O) groups is 1. The maximum absolute atomic E-state index is 12.9. The lowest BCUT2D eigenvalue weighted by Crippen LogP contribution is -2.18. The molecule has 3 aromatic heterocycles. The van der Waals surface area contributed by atoms with Gasteiger partial charge < -0.3 is 5.32 Å². The van der Waals surface area contributed by atoms with E-state index in [9.17, 15) is 18.0 Å². The Bertz CT molecular complexity index is 847. The Balaban J connectivity index is 1.77. The zero-order valence-electron chi connectivity index (χ0n) is 12.4. The fraction of sp³-hybridized carbons (Fsp3) is 0.231. The molecule has 8 nitrogen and oxygen atoms in total. The van der Waals surface area contributed by atoms with Crippen molar-refractivity contribution in [2.24, 2.45) is 0 Å². The number of amides is 1. The number of H-pyrrole nitrogens is 1. The standard InChI is InChI=1S/C13H12F3N7O/c1-8-10(11(20-19-8)13(14,15)16)18-12(24)9-3-6-23(21-9)7-22-5-2-4-17-22/h2-6H,7H2,1H3,(H,18,24)(H,19,20). The summed E-state index contributed by atoms with van der Waals surface area (Å²) in [4.78, 5) is 12.1. The molecule has 11 heteroatoms. The number of aromatic nitrogens is 6. The fourth-order valence-electron chi connectivity index (χ4n) is 2.06. The monoisotopic (exact) mass is 339 g/mol. The van der Waals surface area contributed by atoms with Crippen molar-refractivity contribution in [2.75, 3.05) is 5.32 Å². The van der Waals surface area contributed by atoms with Crippen LogP contribution in [0.5, 0.6) is 0 Å².